The zero-order valence-corrected chi connectivity index (χ0v) is 12.7. The second kappa shape index (κ2) is 7.01. The van der Waals surface area contributed by atoms with Crippen molar-refractivity contribution in [3.8, 4) is 5.82 Å². The molecule has 1 amide bonds. The lowest BCUT2D eigenvalue weighted by atomic mass is 10.3. The number of hydrogen-bond acceptors (Lipinski definition) is 5. The van der Waals surface area contributed by atoms with E-state index in [4.69, 9.17) is 0 Å². The van der Waals surface area contributed by atoms with Crippen LogP contribution >= 0.6 is 11.8 Å². The van der Waals surface area contributed by atoms with E-state index in [0.717, 1.165) is 0 Å². The molecule has 8 heteroatoms. The van der Waals surface area contributed by atoms with E-state index in [1.54, 1.807) is 22.9 Å². The first-order chi connectivity index (χ1) is 11.2. The topological polar surface area (TPSA) is 72.7 Å². The number of amides is 1. The summed E-state index contributed by atoms with van der Waals surface area (Å²) in [5.74, 6) is -0.0486. The molecule has 1 aromatic carbocycles. The van der Waals surface area contributed by atoms with Gasteiger partial charge in [-0.3, -0.25) is 9.36 Å². The summed E-state index contributed by atoms with van der Waals surface area (Å²) < 4.78 is 15.2. The Morgan fingerprint density at radius 2 is 2.04 bits per heavy atom. The summed E-state index contributed by atoms with van der Waals surface area (Å²) in [4.78, 5) is 16.1. The van der Waals surface area contributed by atoms with E-state index in [1.165, 1.54) is 30.2 Å². The van der Waals surface area contributed by atoms with E-state index in [-0.39, 0.29) is 17.3 Å². The van der Waals surface area contributed by atoms with E-state index in [9.17, 15) is 9.18 Å². The van der Waals surface area contributed by atoms with Crippen LogP contribution in [0, 0.1) is 5.82 Å². The van der Waals surface area contributed by atoms with Gasteiger partial charge in [-0.1, -0.05) is 30.0 Å². The van der Waals surface area contributed by atoms with Crippen molar-refractivity contribution in [2.75, 3.05) is 11.1 Å². The number of para-hydroxylation sites is 1. The van der Waals surface area contributed by atoms with Crippen molar-refractivity contribution in [1.82, 2.24) is 19.7 Å². The lowest BCUT2D eigenvalue weighted by Gasteiger charge is -2.07. The van der Waals surface area contributed by atoms with Gasteiger partial charge in [-0.05, 0) is 24.3 Å². The van der Waals surface area contributed by atoms with Crippen LogP contribution in [0.25, 0.3) is 5.82 Å². The SMILES string of the molecule is O=C(CSc1nncn1-c1ccccn1)Nc1ccccc1F. The van der Waals surface area contributed by atoms with Gasteiger partial charge in [0, 0.05) is 6.20 Å². The number of thioether (sulfide) groups is 1. The average molecular weight is 329 g/mol. The fourth-order valence-corrected chi connectivity index (χ4v) is 2.57. The molecule has 116 valence electrons. The Balaban J connectivity index is 1.64. The number of carbonyl (C=O) groups excluding carboxylic acids is 1. The van der Waals surface area contributed by atoms with Gasteiger partial charge in [0.05, 0.1) is 11.4 Å². The highest BCUT2D eigenvalue weighted by molar-refractivity contribution is 7.99. The molecule has 0 saturated carbocycles. The van der Waals surface area contributed by atoms with Gasteiger partial charge < -0.3 is 5.32 Å². The zero-order valence-electron chi connectivity index (χ0n) is 11.9. The van der Waals surface area contributed by atoms with Crippen molar-refractivity contribution >= 4 is 23.4 Å². The monoisotopic (exact) mass is 329 g/mol. The lowest BCUT2D eigenvalue weighted by Crippen LogP contribution is -2.15. The van der Waals surface area contributed by atoms with Gasteiger partial charge in [0.2, 0.25) is 5.91 Å². The van der Waals surface area contributed by atoms with Crippen LogP contribution in [0.15, 0.2) is 60.1 Å². The number of aromatic nitrogens is 4. The molecule has 6 nitrogen and oxygen atoms in total. The highest BCUT2D eigenvalue weighted by Crippen LogP contribution is 2.19. The third-order valence-corrected chi connectivity index (χ3v) is 3.84. The maximum absolute atomic E-state index is 13.5. The fraction of sp³-hybridized carbons (Fsp3) is 0.0667. The van der Waals surface area contributed by atoms with E-state index < -0.39 is 5.82 Å². The molecule has 0 aliphatic carbocycles. The van der Waals surface area contributed by atoms with Crippen LogP contribution in [0.3, 0.4) is 0 Å². The van der Waals surface area contributed by atoms with Crippen LogP contribution < -0.4 is 5.32 Å². The summed E-state index contributed by atoms with van der Waals surface area (Å²) in [6, 6.07) is 11.5. The minimum absolute atomic E-state index is 0.0832. The largest absolute Gasteiger partial charge is 0.323 e. The van der Waals surface area contributed by atoms with Crippen LogP contribution in [0.2, 0.25) is 0 Å². The van der Waals surface area contributed by atoms with Crippen molar-refractivity contribution in [1.29, 1.82) is 0 Å². The zero-order chi connectivity index (χ0) is 16.1. The number of rotatable bonds is 5. The van der Waals surface area contributed by atoms with Gasteiger partial charge in [-0.2, -0.15) is 0 Å². The smallest absolute Gasteiger partial charge is 0.234 e. The molecule has 0 aliphatic heterocycles. The number of nitrogens with one attached hydrogen (secondary N) is 1. The Hall–Kier alpha value is -2.74. The molecule has 3 rings (SSSR count). The normalized spacial score (nSPS) is 10.5. The first-order valence-corrected chi connectivity index (χ1v) is 7.71. The van der Waals surface area contributed by atoms with Crippen LogP contribution in [0.4, 0.5) is 10.1 Å². The molecule has 0 atom stereocenters. The minimum Gasteiger partial charge on any atom is -0.323 e. The van der Waals surface area contributed by atoms with Crippen molar-refractivity contribution in [2.24, 2.45) is 0 Å². The molecule has 0 unspecified atom stereocenters. The second-order valence-corrected chi connectivity index (χ2v) is 5.43. The van der Waals surface area contributed by atoms with Gasteiger partial charge in [0.15, 0.2) is 5.16 Å². The molecule has 0 spiro atoms. The number of anilines is 1. The fourth-order valence-electron chi connectivity index (χ4n) is 1.86. The lowest BCUT2D eigenvalue weighted by molar-refractivity contribution is -0.113. The first-order valence-electron chi connectivity index (χ1n) is 6.72. The van der Waals surface area contributed by atoms with E-state index in [1.807, 2.05) is 18.2 Å². The molecule has 0 bridgehead atoms. The van der Waals surface area contributed by atoms with Crippen LogP contribution in [0.1, 0.15) is 0 Å². The molecule has 0 aliphatic rings. The quantitative estimate of drug-likeness (QED) is 0.728. The molecule has 0 fully saturated rings. The van der Waals surface area contributed by atoms with Gasteiger partial charge in [-0.15, -0.1) is 10.2 Å². The predicted octanol–water partition coefficient (Wildman–Crippen LogP) is 2.53. The van der Waals surface area contributed by atoms with Crippen LogP contribution in [-0.2, 0) is 4.79 Å². The Morgan fingerprint density at radius 3 is 2.83 bits per heavy atom. The third-order valence-electron chi connectivity index (χ3n) is 2.89. The Kier molecular flexibility index (Phi) is 4.62. The Morgan fingerprint density at radius 1 is 1.22 bits per heavy atom. The maximum Gasteiger partial charge on any atom is 0.234 e. The van der Waals surface area contributed by atoms with Gasteiger partial charge >= 0.3 is 0 Å². The molecule has 23 heavy (non-hydrogen) atoms. The van der Waals surface area contributed by atoms with E-state index >= 15 is 0 Å². The predicted molar refractivity (Wildman–Crippen MR) is 84.9 cm³/mol. The third kappa shape index (κ3) is 3.72. The van der Waals surface area contributed by atoms with Crippen molar-refractivity contribution in [2.45, 2.75) is 5.16 Å². The van der Waals surface area contributed by atoms with E-state index in [2.05, 4.69) is 20.5 Å². The number of carbonyl (C=O) groups is 1. The molecule has 2 heterocycles. The number of halogens is 1. The molecular weight excluding hydrogens is 317 g/mol. The summed E-state index contributed by atoms with van der Waals surface area (Å²) in [5.41, 5.74) is 0.157. The number of hydrogen-bond donors (Lipinski definition) is 1. The van der Waals surface area contributed by atoms with E-state index in [0.29, 0.717) is 11.0 Å². The maximum atomic E-state index is 13.5. The highest BCUT2D eigenvalue weighted by atomic mass is 32.2. The molecule has 1 N–H and O–H groups in total. The summed E-state index contributed by atoms with van der Waals surface area (Å²) in [7, 11) is 0. The number of nitrogens with zero attached hydrogens (tertiary/aromatic N) is 4. The number of pyridine rings is 1. The van der Waals surface area contributed by atoms with Crippen molar-refractivity contribution < 1.29 is 9.18 Å². The van der Waals surface area contributed by atoms with Crippen molar-refractivity contribution in [3.63, 3.8) is 0 Å². The molecule has 2 aromatic heterocycles. The molecular formula is C15H12FN5OS. The number of benzene rings is 1. The molecule has 0 radical (unpaired) electrons. The molecule has 0 saturated heterocycles. The summed E-state index contributed by atoms with van der Waals surface area (Å²) in [6.07, 6.45) is 3.19. The Bertz CT molecular complexity index is 808. The van der Waals surface area contributed by atoms with Gasteiger partial charge in [-0.25, -0.2) is 9.37 Å². The first kappa shape index (κ1) is 15.2. The van der Waals surface area contributed by atoms with Gasteiger partial charge in [0.1, 0.15) is 18.0 Å². The highest BCUT2D eigenvalue weighted by Gasteiger charge is 2.11. The minimum atomic E-state index is -0.470. The summed E-state index contributed by atoms with van der Waals surface area (Å²) in [5, 5.41) is 10.9. The second-order valence-electron chi connectivity index (χ2n) is 4.49. The summed E-state index contributed by atoms with van der Waals surface area (Å²) in [6.45, 7) is 0. The molecule has 3 aromatic rings. The van der Waals surface area contributed by atoms with Crippen molar-refractivity contribution in [3.05, 3.63) is 60.8 Å². The van der Waals surface area contributed by atoms with Gasteiger partial charge in [0.25, 0.3) is 0 Å². The van der Waals surface area contributed by atoms with Crippen LogP contribution in [0.5, 0.6) is 0 Å². The Labute approximate surface area is 135 Å². The standard InChI is InChI=1S/C15H12FN5OS/c16-11-5-1-2-6-12(11)19-14(22)9-23-15-20-18-10-21(15)13-7-3-4-8-17-13/h1-8,10H,9H2,(H,19,22). The van der Waals surface area contributed by atoms with Crippen LogP contribution in [-0.4, -0.2) is 31.4 Å². The summed E-state index contributed by atoms with van der Waals surface area (Å²) >= 11 is 1.20. The average Bonchev–Trinajstić information content (AvgIpc) is 3.04.